The number of likely N-dealkylation sites (tertiary alicyclic amines) is 2. The highest BCUT2D eigenvalue weighted by molar-refractivity contribution is 7.89. The van der Waals surface area contributed by atoms with Crippen LogP contribution in [0.3, 0.4) is 0 Å². The van der Waals surface area contributed by atoms with Crippen LogP contribution in [0.15, 0.2) is 29.2 Å². The lowest BCUT2D eigenvalue weighted by Gasteiger charge is -2.20. The SMILES string of the molecule is CNS(=O)(=O)c1ccc(CCC(=O)N2C[C@@H]3CCN(C)[C@@H]3C2)cc1. The molecule has 2 aliphatic heterocycles. The number of sulfonamides is 1. The standard InChI is InChI=1S/C17H25N3O3S/c1-18-24(22,23)15-6-3-13(4-7-15)5-8-17(21)20-11-14-9-10-19(2)16(14)12-20/h3-4,6-7,14,16,18H,5,8-12H2,1-2H3/t14-,16+/m0/s1. The molecule has 7 heteroatoms. The number of aryl methyl sites for hydroxylation is 1. The van der Waals surface area contributed by atoms with Crippen molar-refractivity contribution < 1.29 is 13.2 Å². The molecular weight excluding hydrogens is 326 g/mol. The Morgan fingerprint density at radius 3 is 2.58 bits per heavy atom. The maximum absolute atomic E-state index is 12.4. The Bertz CT molecular complexity index is 702. The number of hydrogen-bond donors (Lipinski definition) is 1. The van der Waals surface area contributed by atoms with E-state index in [9.17, 15) is 13.2 Å². The van der Waals surface area contributed by atoms with Crippen LogP contribution in [0.1, 0.15) is 18.4 Å². The molecule has 1 aromatic carbocycles. The third kappa shape index (κ3) is 3.48. The van der Waals surface area contributed by atoms with Crippen LogP contribution in [0, 0.1) is 5.92 Å². The second-order valence-electron chi connectivity index (χ2n) is 6.75. The first-order valence-corrected chi connectivity index (χ1v) is 9.89. The van der Waals surface area contributed by atoms with E-state index < -0.39 is 10.0 Å². The van der Waals surface area contributed by atoms with E-state index in [-0.39, 0.29) is 10.8 Å². The number of nitrogens with one attached hydrogen (secondary N) is 1. The highest BCUT2D eigenvalue weighted by Crippen LogP contribution is 2.30. The molecule has 1 aromatic rings. The van der Waals surface area contributed by atoms with Gasteiger partial charge in [0.1, 0.15) is 0 Å². The Balaban J connectivity index is 1.54. The molecule has 0 aromatic heterocycles. The van der Waals surface area contributed by atoms with Gasteiger partial charge in [-0.05, 0) is 57.1 Å². The summed E-state index contributed by atoms with van der Waals surface area (Å²) < 4.78 is 25.7. The molecule has 0 spiro atoms. The largest absolute Gasteiger partial charge is 0.341 e. The van der Waals surface area contributed by atoms with Gasteiger partial charge in [-0.3, -0.25) is 4.79 Å². The summed E-state index contributed by atoms with van der Waals surface area (Å²) in [5, 5.41) is 0. The fraction of sp³-hybridized carbons (Fsp3) is 0.588. The van der Waals surface area contributed by atoms with Crippen LogP contribution < -0.4 is 4.72 Å². The molecule has 6 nitrogen and oxygen atoms in total. The maximum Gasteiger partial charge on any atom is 0.240 e. The Kier molecular flexibility index (Phi) is 4.94. The summed E-state index contributed by atoms with van der Waals surface area (Å²) in [7, 11) is 0.129. The number of benzene rings is 1. The van der Waals surface area contributed by atoms with E-state index >= 15 is 0 Å². The van der Waals surface area contributed by atoms with Gasteiger partial charge in [-0.25, -0.2) is 13.1 Å². The van der Waals surface area contributed by atoms with Crippen molar-refractivity contribution in [2.24, 2.45) is 5.92 Å². The monoisotopic (exact) mass is 351 g/mol. The Morgan fingerprint density at radius 2 is 1.96 bits per heavy atom. The van der Waals surface area contributed by atoms with Gasteiger partial charge in [-0.2, -0.15) is 0 Å². The molecule has 2 aliphatic rings. The van der Waals surface area contributed by atoms with E-state index in [1.165, 1.54) is 13.5 Å². The lowest BCUT2D eigenvalue weighted by molar-refractivity contribution is -0.130. The molecule has 24 heavy (non-hydrogen) atoms. The van der Waals surface area contributed by atoms with Gasteiger partial charge < -0.3 is 9.80 Å². The minimum atomic E-state index is -3.40. The zero-order valence-corrected chi connectivity index (χ0v) is 15.1. The van der Waals surface area contributed by atoms with Crippen LogP contribution in [0.5, 0.6) is 0 Å². The number of likely N-dealkylation sites (N-methyl/N-ethyl adjacent to an activating group) is 1. The van der Waals surface area contributed by atoms with Crippen LogP contribution >= 0.6 is 0 Å². The normalized spacial score (nSPS) is 24.3. The molecule has 2 atom stereocenters. The summed E-state index contributed by atoms with van der Waals surface area (Å²) >= 11 is 0. The van der Waals surface area contributed by atoms with Crippen LogP contribution in [-0.2, 0) is 21.2 Å². The second-order valence-corrected chi connectivity index (χ2v) is 8.63. The van der Waals surface area contributed by atoms with Crippen molar-refractivity contribution in [1.29, 1.82) is 0 Å². The molecule has 1 amide bonds. The summed E-state index contributed by atoms with van der Waals surface area (Å²) in [5.74, 6) is 0.828. The zero-order chi connectivity index (χ0) is 17.3. The molecule has 0 aliphatic carbocycles. The number of nitrogens with zero attached hydrogens (tertiary/aromatic N) is 2. The van der Waals surface area contributed by atoms with E-state index in [1.54, 1.807) is 24.3 Å². The molecule has 0 saturated carbocycles. The summed E-state index contributed by atoms with van der Waals surface area (Å²) in [6.07, 6.45) is 2.30. The smallest absolute Gasteiger partial charge is 0.240 e. The van der Waals surface area contributed by atoms with Crippen molar-refractivity contribution in [1.82, 2.24) is 14.5 Å². The van der Waals surface area contributed by atoms with Gasteiger partial charge in [0.25, 0.3) is 0 Å². The fourth-order valence-electron chi connectivity index (χ4n) is 3.74. The summed E-state index contributed by atoms with van der Waals surface area (Å²) in [6, 6.07) is 7.26. The number of carbonyl (C=O) groups is 1. The van der Waals surface area contributed by atoms with E-state index in [4.69, 9.17) is 0 Å². The van der Waals surface area contributed by atoms with Gasteiger partial charge in [-0.15, -0.1) is 0 Å². The molecule has 1 N–H and O–H groups in total. The molecule has 0 bridgehead atoms. The fourth-order valence-corrected chi connectivity index (χ4v) is 4.47. The minimum Gasteiger partial charge on any atom is -0.341 e. The number of carbonyl (C=O) groups excluding carboxylic acids is 1. The molecule has 3 rings (SSSR count). The topological polar surface area (TPSA) is 69.7 Å². The van der Waals surface area contributed by atoms with Crippen molar-refractivity contribution in [3.63, 3.8) is 0 Å². The molecule has 2 heterocycles. The van der Waals surface area contributed by atoms with Crippen molar-refractivity contribution in [2.45, 2.75) is 30.2 Å². The third-order valence-electron chi connectivity index (χ3n) is 5.31. The quantitative estimate of drug-likeness (QED) is 0.847. The van der Waals surface area contributed by atoms with Crippen molar-refractivity contribution in [2.75, 3.05) is 33.7 Å². The molecule has 2 saturated heterocycles. The van der Waals surface area contributed by atoms with Gasteiger partial charge in [0.15, 0.2) is 0 Å². The van der Waals surface area contributed by atoms with Crippen LogP contribution in [0.25, 0.3) is 0 Å². The van der Waals surface area contributed by atoms with Crippen molar-refractivity contribution in [3.05, 3.63) is 29.8 Å². The predicted molar refractivity (Wildman–Crippen MR) is 92.1 cm³/mol. The lowest BCUT2D eigenvalue weighted by atomic mass is 10.1. The van der Waals surface area contributed by atoms with Crippen LogP contribution in [-0.4, -0.2) is 63.9 Å². The average Bonchev–Trinajstić information content (AvgIpc) is 3.15. The van der Waals surface area contributed by atoms with Crippen molar-refractivity contribution >= 4 is 15.9 Å². The number of rotatable bonds is 5. The Labute approximate surface area is 143 Å². The van der Waals surface area contributed by atoms with E-state index in [0.29, 0.717) is 24.8 Å². The number of hydrogen-bond acceptors (Lipinski definition) is 4. The molecular formula is C17H25N3O3S. The summed E-state index contributed by atoms with van der Waals surface area (Å²) in [5.41, 5.74) is 0.981. The maximum atomic E-state index is 12.4. The second kappa shape index (κ2) is 6.82. The van der Waals surface area contributed by atoms with Gasteiger partial charge in [0.05, 0.1) is 4.90 Å². The van der Waals surface area contributed by atoms with E-state index in [1.807, 2.05) is 4.90 Å². The first kappa shape index (κ1) is 17.4. The van der Waals surface area contributed by atoms with E-state index in [2.05, 4.69) is 16.7 Å². The zero-order valence-electron chi connectivity index (χ0n) is 14.2. The summed E-state index contributed by atoms with van der Waals surface area (Å²) in [6.45, 7) is 2.87. The van der Waals surface area contributed by atoms with Crippen LogP contribution in [0.4, 0.5) is 0 Å². The third-order valence-corrected chi connectivity index (χ3v) is 6.74. The number of amides is 1. The van der Waals surface area contributed by atoms with Gasteiger partial charge in [0.2, 0.25) is 15.9 Å². The Morgan fingerprint density at radius 1 is 1.25 bits per heavy atom. The van der Waals surface area contributed by atoms with Gasteiger partial charge >= 0.3 is 0 Å². The molecule has 0 unspecified atom stereocenters. The minimum absolute atomic E-state index is 0.199. The summed E-state index contributed by atoms with van der Waals surface area (Å²) in [4.78, 5) is 17.0. The highest BCUT2D eigenvalue weighted by Gasteiger charge is 2.40. The molecule has 2 fully saturated rings. The van der Waals surface area contributed by atoms with Gasteiger partial charge in [-0.1, -0.05) is 12.1 Å². The molecule has 0 radical (unpaired) electrons. The predicted octanol–water partition coefficient (Wildman–Crippen LogP) is 0.690. The Hall–Kier alpha value is -1.44. The van der Waals surface area contributed by atoms with Crippen molar-refractivity contribution in [3.8, 4) is 0 Å². The number of fused-ring (bicyclic) bond motifs is 1. The van der Waals surface area contributed by atoms with Gasteiger partial charge in [0, 0.05) is 25.6 Å². The lowest BCUT2D eigenvalue weighted by Crippen LogP contribution is -2.35. The first-order valence-electron chi connectivity index (χ1n) is 8.41. The molecule has 132 valence electrons. The average molecular weight is 351 g/mol. The van der Waals surface area contributed by atoms with Crippen LogP contribution in [0.2, 0.25) is 0 Å². The highest BCUT2D eigenvalue weighted by atomic mass is 32.2. The first-order chi connectivity index (χ1) is 11.4. The van der Waals surface area contributed by atoms with E-state index in [0.717, 1.165) is 25.2 Å².